The molecule has 1 unspecified atom stereocenters. The Balaban J connectivity index is 2.60. The molecule has 2 nitrogen and oxygen atoms in total. The molecule has 0 radical (unpaired) electrons. The summed E-state index contributed by atoms with van der Waals surface area (Å²) < 4.78 is 0. The van der Waals surface area contributed by atoms with Crippen molar-refractivity contribution in [3.8, 4) is 0 Å². The number of allylic oxidation sites excluding steroid dienone is 3. The van der Waals surface area contributed by atoms with Crippen LogP contribution >= 0.6 is 0 Å². The van der Waals surface area contributed by atoms with Gasteiger partial charge in [-0.05, 0) is 33.8 Å². The summed E-state index contributed by atoms with van der Waals surface area (Å²) in [7, 11) is 0. The maximum absolute atomic E-state index is 4.42. The van der Waals surface area contributed by atoms with E-state index in [1.165, 1.54) is 0 Å². The van der Waals surface area contributed by atoms with Gasteiger partial charge >= 0.3 is 0 Å². The van der Waals surface area contributed by atoms with Crippen molar-refractivity contribution >= 4 is 6.21 Å². The molecular formula is C11H18N2. The molecule has 1 aliphatic heterocycles. The SMILES string of the molecule is CC1C=CC=C(C=NC(C)(C)C)N1. The topological polar surface area (TPSA) is 24.4 Å². The highest BCUT2D eigenvalue weighted by molar-refractivity contribution is 5.79. The average molecular weight is 178 g/mol. The lowest BCUT2D eigenvalue weighted by Gasteiger charge is -2.17. The van der Waals surface area contributed by atoms with Crippen molar-refractivity contribution in [1.29, 1.82) is 0 Å². The van der Waals surface area contributed by atoms with Crippen LogP contribution in [0.5, 0.6) is 0 Å². The third kappa shape index (κ3) is 3.92. The lowest BCUT2D eigenvalue weighted by atomic mass is 10.1. The summed E-state index contributed by atoms with van der Waals surface area (Å²) in [5.41, 5.74) is 1.09. The number of nitrogens with zero attached hydrogens (tertiary/aromatic N) is 1. The summed E-state index contributed by atoms with van der Waals surface area (Å²) >= 11 is 0. The molecule has 1 atom stereocenters. The highest BCUT2D eigenvalue weighted by Gasteiger charge is 2.06. The molecule has 0 aliphatic carbocycles. The molecule has 0 aromatic carbocycles. The Kier molecular flexibility index (Phi) is 2.91. The lowest BCUT2D eigenvalue weighted by molar-refractivity contribution is 0.585. The fourth-order valence-corrected chi connectivity index (χ4v) is 1.03. The van der Waals surface area contributed by atoms with Crippen LogP contribution in [0.15, 0.2) is 28.9 Å². The number of nitrogens with one attached hydrogen (secondary N) is 1. The Morgan fingerprint density at radius 1 is 1.46 bits per heavy atom. The van der Waals surface area contributed by atoms with Gasteiger partial charge in [0.25, 0.3) is 0 Å². The van der Waals surface area contributed by atoms with E-state index in [2.05, 4.69) is 50.2 Å². The molecule has 0 spiro atoms. The molecule has 0 aromatic heterocycles. The number of aliphatic imine (C=N–C) groups is 1. The molecule has 72 valence electrons. The normalized spacial score (nSPS) is 23.1. The highest BCUT2D eigenvalue weighted by Crippen LogP contribution is 2.07. The summed E-state index contributed by atoms with van der Waals surface area (Å²) in [6.45, 7) is 8.39. The molecule has 0 fully saturated rings. The van der Waals surface area contributed by atoms with Crippen LogP contribution < -0.4 is 5.32 Å². The fourth-order valence-electron chi connectivity index (χ4n) is 1.03. The van der Waals surface area contributed by atoms with Crippen molar-refractivity contribution in [3.63, 3.8) is 0 Å². The summed E-state index contributed by atoms with van der Waals surface area (Å²) in [6, 6.07) is 0.409. The third-order valence-electron chi connectivity index (χ3n) is 1.66. The largest absolute Gasteiger partial charge is 0.378 e. The minimum atomic E-state index is 0.00686. The van der Waals surface area contributed by atoms with Gasteiger partial charge in [0, 0.05) is 12.3 Å². The predicted octanol–water partition coefficient (Wildman–Crippen LogP) is 2.29. The second-order valence-electron chi connectivity index (χ2n) is 4.37. The van der Waals surface area contributed by atoms with Crippen molar-refractivity contribution in [1.82, 2.24) is 5.32 Å². The molecule has 0 saturated carbocycles. The zero-order chi connectivity index (χ0) is 9.90. The van der Waals surface area contributed by atoms with Crippen LogP contribution in [0.3, 0.4) is 0 Å². The summed E-state index contributed by atoms with van der Waals surface area (Å²) in [4.78, 5) is 4.42. The first kappa shape index (κ1) is 10.0. The van der Waals surface area contributed by atoms with E-state index in [0.717, 1.165) is 5.70 Å². The van der Waals surface area contributed by atoms with Gasteiger partial charge < -0.3 is 5.32 Å². The van der Waals surface area contributed by atoms with Gasteiger partial charge in [-0.15, -0.1) is 0 Å². The van der Waals surface area contributed by atoms with E-state index in [0.29, 0.717) is 6.04 Å². The van der Waals surface area contributed by atoms with Gasteiger partial charge in [-0.2, -0.15) is 0 Å². The Morgan fingerprint density at radius 2 is 2.15 bits per heavy atom. The monoisotopic (exact) mass is 178 g/mol. The number of dihydropyridines is 1. The molecule has 1 heterocycles. The predicted molar refractivity (Wildman–Crippen MR) is 58.1 cm³/mol. The van der Waals surface area contributed by atoms with Crippen molar-refractivity contribution in [2.75, 3.05) is 0 Å². The number of rotatable bonds is 1. The third-order valence-corrected chi connectivity index (χ3v) is 1.66. The first-order valence-electron chi connectivity index (χ1n) is 4.68. The van der Waals surface area contributed by atoms with E-state index in [1.807, 2.05) is 12.3 Å². The molecule has 2 heteroatoms. The molecule has 0 aromatic rings. The maximum atomic E-state index is 4.42. The van der Waals surface area contributed by atoms with Crippen LogP contribution in [0.25, 0.3) is 0 Å². The van der Waals surface area contributed by atoms with Crippen LogP contribution in [0.1, 0.15) is 27.7 Å². The van der Waals surface area contributed by atoms with E-state index in [1.54, 1.807) is 0 Å². The van der Waals surface area contributed by atoms with Crippen LogP contribution in [0.4, 0.5) is 0 Å². The molecular weight excluding hydrogens is 160 g/mol. The van der Waals surface area contributed by atoms with Crippen LogP contribution in [0.2, 0.25) is 0 Å². The molecule has 0 bridgehead atoms. The fraction of sp³-hybridized carbons (Fsp3) is 0.545. The van der Waals surface area contributed by atoms with E-state index < -0.39 is 0 Å². The van der Waals surface area contributed by atoms with Crippen molar-refractivity contribution in [3.05, 3.63) is 23.9 Å². The molecule has 13 heavy (non-hydrogen) atoms. The van der Waals surface area contributed by atoms with Gasteiger partial charge in [0.2, 0.25) is 0 Å². The molecule has 1 N–H and O–H groups in total. The standard InChI is InChI=1S/C11H18N2/c1-9-6-5-7-10(13-9)8-12-11(2,3)4/h5-9,13H,1-4H3. The summed E-state index contributed by atoms with van der Waals surface area (Å²) in [5.74, 6) is 0. The van der Waals surface area contributed by atoms with Gasteiger partial charge in [-0.1, -0.05) is 12.2 Å². The zero-order valence-electron chi connectivity index (χ0n) is 8.83. The summed E-state index contributed by atoms with van der Waals surface area (Å²) in [6.07, 6.45) is 8.12. The van der Waals surface area contributed by atoms with Gasteiger partial charge in [0.15, 0.2) is 0 Å². The van der Waals surface area contributed by atoms with Gasteiger partial charge in [0.1, 0.15) is 0 Å². The smallest absolute Gasteiger partial charge is 0.0526 e. The second-order valence-corrected chi connectivity index (χ2v) is 4.37. The number of hydrogen-bond donors (Lipinski definition) is 1. The summed E-state index contributed by atoms with van der Waals surface area (Å²) in [5, 5.41) is 3.31. The van der Waals surface area contributed by atoms with E-state index in [4.69, 9.17) is 0 Å². The maximum Gasteiger partial charge on any atom is 0.0526 e. The average Bonchev–Trinajstić information content (AvgIpc) is 2.00. The number of hydrogen-bond acceptors (Lipinski definition) is 2. The quantitative estimate of drug-likeness (QED) is 0.612. The Bertz CT molecular complexity index is 254. The first-order valence-corrected chi connectivity index (χ1v) is 4.68. The molecule has 1 rings (SSSR count). The molecule has 0 amide bonds. The van der Waals surface area contributed by atoms with Crippen LogP contribution in [-0.2, 0) is 0 Å². The highest BCUT2D eigenvalue weighted by atomic mass is 14.9. The minimum Gasteiger partial charge on any atom is -0.378 e. The second kappa shape index (κ2) is 3.77. The van der Waals surface area contributed by atoms with Gasteiger partial charge in [-0.3, -0.25) is 4.99 Å². The van der Waals surface area contributed by atoms with Crippen LogP contribution in [0, 0.1) is 0 Å². The van der Waals surface area contributed by atoms with E-state index in [-0.39, 0.29) is 5.54 Å². The van der Waals surface area contributed by atoms with Crippen molar-refractivity contribution < 1.29 is 0 Å². The molecule has 0 saturated heterocycles. The van der Waals surface area contributed by atoms with Gasteiger partial charge in [0.05, 0.1) is 11.2 Å². The first-order chi connectivity index (χ1) is 5.97. The van der Waals surface area contributed by atoms with Crippen molar-refractivity contribution in [2.24, 2.45) is 4.99 Å². The van der Waals surface area contributed by atoms with E-state index >= 15 is 0 Å². The minimum absolute atomic E-state index is 0.00686. The Hall–Kier alpha value is -1.05. The molecule has 1 aliphatic rings. The van der Waals surface area contributed by atoms with Crippen molar-refractivity contribution in [2.45, 2.75) is 39.3 Å². The van der Waals surface area contributed by atoms with E-state index in [9.17, 15) is 0 Å². The Labute approximate surface area is 80.4 Å². The Morgan fingerprint density at radius 3 is 2.69 bits per heavy atom. The van der Waals surface area contributed by atoms with Crippen LogP contribution in [-0.4, -0.2) is 17.8 Å². The lowest BCUT2D eigenvalue weighted by Crippen LogP contribution is -2.26. The van der Waals surface area contributed by atoms with Gasteiger partial charge in [-0.25, -0.2) is 0 Å². The zero-order valence-corrected chi connectivity index (χ0v) is 8.83.